The van der Waals surface area contributed by atoms with E-state index in [1.807, 2.05) is 33.2 Å². The number of halogens is 2. The van der Waals surface area contributed by atoms with Crippen molar-refractivity contribution < 1.29 is 18.7 Å². The van der Waals surface area contributed by atoms with Gasteiger partial charge < -0.3 is 19.7 Å². The number of nitrogens with zero attached hydrogens (tertiary/aromatic N) is 3. The molecule has 1 atom stereocenters. The van der Waals surface area contributed by atoms with Gasteiger partial charge in [-0.3, -0.25) is 4.79 Å². The van der Waals surface area contributed by atoms with Crippen molar-refractivity contribution in [1.29, 1.82) is 0 Å². The van der Waals surface area contributed by atoms with Gasteiger partial charge in [0.05, 0.1) is 29.4 Å². The van der Waals surface area contributed by atoms with Gasteiger partial charge in [-0.2, -0.15) is 0 Å². The van der Waals surface area contributed by atoms with Gasteiger partial charge in [-0.15, -0.1) is 0 Å². The molecule has 1 heterocycles. The topological polar surface area (TPSA) is 76.6 Å². The zero-order valence-electron chi connectivity index (χ0n) is 24.5. The molecule has 1 fully saturated rings. The van der Waals surface area contributed by atoms with Gasteiger partial charge in [0.25, 0.3) is 0 Å². The Hall–Kier alpha value is -3.13. The molecule has 3 aromatic rings. The Bertz CT molecular complexity index is 1260. The second-order valence-electron chi connectivity index (χ2n) is 10.7. The third-order valence-electron chi connectivity index (χ3n) is 7.23. The quantitative estimate of drug-likeness (QED) is 0.280. The largest absolute Gasteiger partial charge is 0.493 e. The molecule has 0 aliphatic heterocycles. The molecule has 40 heavy (non-hydrogen) atoms. The van der Waals surface area contributed by atoms with Crippen LogP contribution in [0.5, 0.6) is 11.5 Å². The summed E-state index contributed by atoms with van der Waals surface area (Å²) in [6, 6.07) is 8.47. The molecule has 0 spiro atoms. The van der Waals surface area contributed by atoms with Gasteiger partial charge >= 0.3 is 0 Å². The van der Waals surface area contributed by atoms with Gasteiger partial charge in [0, 0.05) is 31.5 Å². The molecule has 0 bridgehead atoms. The number of hydrogen-bond acceptors (Lipinski definition) is 6. The Morgan fingerprint density at radius 2 is 1.90 bits per heavy atom. The molecular weight excluding hydrogens is 531 g/mol. The van der Waals surface area contributed by atoms with Gasteiger partial charge in [-0.1, -0.05) is 51.3 Å². The first-order chi connectivity index (χ1) is 19.1. The Morgan fingerprint density at radius 3 is 2.55 bits per heavy atom. The lowest BCUT2D eigenvalue weighted by Gasteiger charge is -2.27. The van der Waals surface area contributed by atoms with E-state index >= 15 is 0 Å². The predicted molar refractivity (Wildman–Crippen MR) is 160 cm³/mol. The van der Waals surface area contributed by atoms with Crippen LogP contribution in [0, 0.1) is 17.7 Å². The molecule has 1 aromatic heterocycles. The van der Waals surface area contributed by atoms with Crippen molar-refractivity contribution in [3.8, 4) is 11.5 Å². The van der Waals surface area contributed by atoms with Crippen LogP contribution in [0.4, 0.5) is 15.9 Å². The Kier molecular flexibility index (Phi) is 11.8. The smallest absolute Gasteiger partial charge is 0.224 e. The van der Waals surface area contributed by atoms with Crippen molar-refractivity contribution in [3.05, 3.63) is 47.5 Å². The standard InChI is InChI=1S/C22H23ClFN3O2.C9H19NO/c1-13-6-8-14(9-7-13)29-20-10-15-18(11-19(20)28-2)25-12-26-22(15)27-17-5-3-4-16(23)21(17)24;1-5-6-7-8(2)9(11)10(3)4/h3-5,10-14H,6-9H2,1-2H3,(H,25,26,27);8H,5-7H2,1-4H3/t;8-/m.0/s1. The van der Waals surface area contributed by atoms with E-state index in [0.29, 0.717) is 28.2 Å². The highest BCUT2D eigenvalue weighted by Crippen LogP contribution is 2.37. The molecule has 1 saturated carbocycles. The average molecular weight is 573 g/mol. The van der Waals surface area contributed by atoms with Gasteiger partial charge in [0.2, 0.25) is 5.91 Å². The molecule has 0 saturated heterocycles. The van der Waals surface area contributed by atoms with Crippen molar-refractivity contribution in [2.45, 2.75) is 71.8 Å². The number of carbonyl (C=O) groups is 1. The highest BCUT2D eigenvalue weighted by atomic mass is 35.5. The minimum atomic E-state index is -0.526. The Balaban J connectivity index is 0.000000342. The van der Waals surface area contributed by atoms with Crippen molar-refractivity contribution in [2.24, 2.45) is 11.8 Å². The van der Waals surface area contributed by atoms with E-state index in [4.69, 9.17) is 21.1 Å². The second-order valence-corrected chi connectivity index (χ2v) is 11.2. The van der Waals surface area contributed by atoms with Crippen molar-refractivity contribution in [3.63, 3.8) is 0 Å². The molecule has 1 N–H and O–H groups in total. The first-order valence-electron chi connectivity index (χ1n) is 14.1. The summed E-state index contributed by atoms with van der Waals surface area (Å²) in [6.07, 6.45) is 9.28. The fraction of sp³-hybridized carbons (Fsp3) is 0.516. The normalized spacial score (nSPS) is 17.4. The van der Waals surface area contributed by atoms with Gasteiger partial charge in [0.1, 0.15) is 12.1 Å². The van der Waals surface area contributed by atoms with Crippen LogP contribution in [0.2, 0.25) is 5.02 Å². The van der Waals surface area contributed by atoms with E-state index in [-0.39, 0.29) is 28.6 Å². The number of unbranched alkanes of at least 4 members (excludes halogenated alkanes) is 1. The molecule has 0 radical (unpaired) electrons. The third kappa shape index (κ3) is 8.43. The van der Waals surface area contributed by atoms with Crippen molar-refractivity contribution in [2.75, 3.05) is 26.5 Å². The number of anilines is 2. The number of aromatic nitrogens is 2. The number of fused-ring (bicyclic) bond motifs is 1. The predicted octanol–water partition coefficient (Wildman–Crippen LogP) is 8.03. The van der Waals surface area contributed by atoms with Gasteiger partial charge in [0.15, 0.2) is 17.3 Å². The maximum absolute atomic E-state index is 14.3. The highest BCUT2D eigenvalue weighted by molar-refractivity contribution is 6.31. The van der Waals surface area contributed by atoms with E-state index in [2.05, 4.69) is 29.1 Å². The zero-order valence-corrected chi connectivity index (χ0v) is 25.2. The van der Waals surface area contributed by atoms with Gasteiger partial charge in [-0.25, -0.2) is 14.4 Å². The minimum Gasteiger partial charge on any atom is -0.493 e. The van der Waals surface area contributed by atoms with Crippen LogP contribution in [0.25, 0.3) is 10.9 Å². The monoisotopic (exact) mass is 572 g/mol. The lowest BCUT2D eigenvalue weighted by atomic mass is 9.89. The van der Waals surface area contributed by atoms with Crippen LogP contribution in [0.3, 0.4) is 0 Å². The molecule has 7 nitrogen and oxygen atoms in total. The average Bonchev–Trinajstić information content (AvgIpc) is 2.95. The Labute approximate surface area is 242 Å². The third-order valence-corrected chi connectivity index (χ3v) is 7.53. The molecular formula is C31H42ClFN4O3. The van der Waals surface area contributed by atoms with Crippen LogP contribution in [0.15, 0.2) is 36.7 Å². The number of benzene rings is 2. The summed E-state index contributed by atoms with van der Waals surface area (Å²) in [6.45, 7) is 6.42. The van der Waals surface area contributed by atoms with E-state index in [1.165, 1.54) is 18.8 Å². The number of amides is 1. The molecule has 4 rings (SSSR count). The summed E-state index contributed by atoms with van der Waals surface area (Å²) < 4.78 is 26.1. The molecule has 9 heteroatoms. The van der Waals surface area contributed by atoms with E-state index in [9.17, 15) is 9.18 Å². The van der Waals surface area contributed by atoms with Crippen LogP contribution in [-0.2, 0) is 4.79 Å². The summed E-state index contributed by atoms with van der Waals surface area (Å²) in [5.74, 6) is 2.40. The van der Waals surface area contributed by atoms with E-state index < -0.39 is 5.82 Å². The molecule has 0 unspecified atom stereocenters. The molecule has 218 valence electrons. The number of hydrogen-bond donors (Lipinski definition) is 1. The van der Waals surface area contributed by atoms with Crippen LogP contribution < -0.4 is 14.8 Å². The fourth-order valence-corrected chi connectivity index (χ4v) is 4.92. The first-order valence-corrected chi connectivity index (χ1v) is 14.4. The molecule has 2 aromatic carbocycles. The molecule has 1 aliphatic carbocycles. The zero-order chi connectivity index (χ0) is 29.2. The lowest BCUT2D eigenvalue weighted by Crippen LogP contribution is -2.27. The van der Waals surface area contributed by atoms with Crippen LogP contribution in [0.1, 0.15) is 65.7 Å². The number of methoxy groups -OCH3 is 1. The number of carbonyl (C=O) groups excluding carboxylic acids is 1. The fourth-order valence-electron chi connectivity index (χ4n) is 4.74. The lowest BCUT2D eigenvalue weighted by molar-refractivity contribution is -0.132. The minimum absolute atomic E-state index is 0.0468. The second kappa shape index (κ2) is 15.0. The number of nitrogens with one attached hydrogen (secondary N) is 1. The number of rotatable bonds is 9. The van der Waals surface area contributed by atoms with Crippen LogP contribution >= 0.6 is 11.6 Å². The molecule has 1 amide bonds. The van der Waals surface area contributed by atoms with Crippen molar-refractivity contribution >= 4 is 39.9 Å². The SMILES string of the molecule is CCCC[C@H](C)C(=O)N(C)C.COc1cc2ncnc(Nc3cccc(Cl)c3F)c2cc1OC1CCC(C)CC1. The van der Waals surface area contributed by atoms with E-state index in [1.54, 1.807) is 24.1 Å². The maximum Gasteiger partial charge on any atom is 0.224 e. The summed E-state index contributed by atoms with van der Waals surface area (Å²) in [5.41, 5.74) is 0.920. The summed E-state index contributed by atoms with van der Waals surface area (Å²) in [4.78, 5) is 21.6. The highest BCUT2D eigenvalue weighted by Gasteiger charge is 2.22. The maximum atomic E-state index is 14.3. The van der Waals surface area contributed by atoms with Crippen LogP contribution in [-0.4, -0.2) is 48.1 Å². The Morgan fingerprint density at radius 1 is 1.18 bits per heavy atom. The van der Waals surface area contributed by atoms with Crippen molar-refractivity contribution in [1.82, 2.24) is 14.9 Å². The molecule has 1 aliphatic rings. The summed E-state index contributed by atoms with van der Waals surface area (Å²) in [7, 11) is 5.23. The van der Waals surface area contributed by atoms with E-state index in [0.717, 1.165) is 44.4 Å². The summed E-state index contributed by atoms with van der Waals surface area (Å²) >= 11 is 5.90. The first kappa shape index (κ1) is 31.4. The van der Waals surface area contributed by atoms with Gasteiger partial charge in [-0.05, 0) is 56.2 Å². The number of ether oxygens (including phenoxy) is 2. The summed E-state index contributed by atoms with van der Waals surface area (Å²) in [5, 5.41) is 3.78.